The van der Waals surface area contributed by atoms with Gasteiger partial charge in [0.15, 0.2) is 0 Å². The second-order valence-corrected chi connectivity index (χ2v) is 11.8. The maximum Gasteiger partial charge on any atom is 0.204 e. The minimum absolute atomic E-state index is 0.250. The second-order valence-electron chi connectivity index (χ2n) is 11.4. The van der Waals surface area contributed by atoms with Gasteiger partial charge in [0.2, 0.25) is 6.41 Å². The summed E-state index contributed by atoms with van der Waals surface area (Å²) in [6, 6.07) is 12.5. The molecule has 1 atom stereocenters. The number of halogens is 4. The highest BCUT2D eigenvalue weighted by Crippen LogP contribution is 2.51. The lowest BCUT2D eigenvalue weighted by Gasteiger charge is -2.23. The Bertz CT molecular complexity index is 1760. The molecule has 0 bridgehead atoms. The van der Waals surface area contributed by atoms with Crippen LogP contribution in [0, 0.1) is 51.8 Å². The van der Waals surface area contributed by atoms with Gasteiger partial charge in [-0.25, -0.2) is 18.2 Å². The fourth-order valence-electron chi connectivity index (χ4n) is 5.33. The molecule has 1 aliphatic carbocycles. The Labute approximate surface area is 286 Å². The molecule has 2 heterocycles. The number of aryl methyl sites for hydroxylation is 4. The van der Waals surface area contributed by atoms with E-state index in [1.54, 1.807) is 14.0 Å². The Morgan fingerprint density at radius 2 is 1.73 bits per heavy atom. The topological polar surface area (TPSA) is 110 Å². The van der Waals surface area contributed by atoms with Crippen LogP contribution in [0.1, 0.15) is 65.7 Å². The average Bonchev–Trinajstić information content (AvgIpc) is 3.80. The van der Waals surface area contributed by atoms with Crippen LogP contribution in [0.4, 0.5) is 13.2 Å². The summed E-state index contributed by atoms with van der Waals surface area (Å²) in [6.45, 7) is 9.73. The maximum absolute atomic E-state index is 15.0. The quantitative estimate of drug-likeness (QED) is 0.100. The van der Waals surface area contributed by atoms with Crippen molar-refractivity contribution in [1.82, 2.24) is 15.3 Å². The number of carbonyl (C=O) groups is 1. The number of aliphatic hydroxyl groups excluding tert-OH is 1. The number of nitrogens with zero attached hydrogens (tertiary/aromatic N) is 2. The van der Waals surface area contributed by atoms with Crippen molar-refractivity contribution in [2.24, 2.45) is 5.73 Å². The van der Waals surface area contributed by atoms with E-state index in [-0.39, 0.29) is 18.5 Å². The van der Waals surface area contributed by atoms with Crippen molar-refractivity contribution in [2.75, 3.05) is 20.8 Å². The van der Waals surface area contributed by atoms with Crippen LogP contribution in [0.15, 0.2) is 36.4 Å². The lowest BCUT2D eigenvalue weighted by molar-refractivity contribution is -0.106. The summed E-state index contributed by atoms with van der Waals surface area (Å²) in [5, 5.41) is 11.5. The van der Waals surface area contributed by atoms with Gasteiger partial charge in [0.25, 0.3) is 0 Å². The number of hydrogen-bond donors (Lipinski definition) is 3. The predicted octanol–water partition coefficient (Wildman–Crippen LogP) is 7.59. The van der Waals surface area contributed by atoms with Gasteiger partial charge in [0.05, 0.1) is 29.4 Å². The Kier molecular flexibility index (Phi) is 15.2. The van der Waals surface area contributed by atoms with Gasteiger partial charge in [-0.15, -0.1) is 0 Å². The van der Waals surface area contributed by atoms with E-state index in [4.69, 9.17) is 37.6 Å². The second kappa shape index (κ2) is 18.3. The summed E-state index contributed by atoms with van der Waals surface area (Å²) in [7, 11) is 2.65. The van der Waals surface area contributed by atoms with Crippen molar-refractivity contribution >= 4 is 28.9 Å². The largest absolute Gasteiger partial charge is 0.494 e. The zero-order chi connectivity index (χ0) is 36.2. The number of primary amides is 1. The predicted molar refractivity (Wildman–Crippen MR) is 187 cm³/mol. The zero-order valence-electron chi connectivity index (χ0n) is 28.5. The number of alkyl halides is 1. The van der Waals surface area contributed by atoms with Crippen molar-refractivity contribution in [1.29, 1.82) is 0 Å². The third kappa shape index (κ3) is 9.85. The molecular formula is C37H44ClF3N4O3. The number of nitrogens with one attached hydrogen (secondary N) is 1. The molecule has 5 rings (SSSR count). The van der Waals surface area contributed by atoms with E-state index in [0.29, 0.717) is 41.2 Å². The Morgan fingerprint density at radius 3 is 2.29 bits per heavy atom. The Balaban J connectivity index is 0.000000335. The number of amides is 1. The number of pyridine rings is 2. The van der Waals surface area contributed by atoms with Crippen LogP contribution in [-0.2, 0) is 11.2 Å². The fraction of sp³-hybridized carbons (Fsp3) is 0.378. The van der Waals surface area contributed by atoms with Gasteiger partial charge in [0.1, 0.15) is 28.6 Å². The van der Waals surface area contributed by atoms with E-state index in [2.05, 4.69) is 28.1 Å². The molecule has 7 nitrogen and oxygen atoms in total. The summed E-state index contributed by atoms with van der Waals surface area (Å²) in [5.41, 5.74) is 9.10. The molecule has 2 aromatic carbocycles. The van der Waals surface area contributed by atoms with Gasteiger partial charge in [-0.2, -0.15) is 0 Å². The number of hydrogen-bond acceptors (Lipinski definition) is 6. The number of rotatable bonds is 8. The van der Waals surface area contributed by atoms with Crippen molar-refractivity contribution in [3.63, 3.8) is 0 Å². The van der Waals surface area contributed by atoms with Gasteiger partial charge in [0, 0.05) is 42.4 Å². The van der Waals surface area contributed by atoms with Gasteiger partial charge >= 0.3 is 0 Å². The van der Waals surface area contributed by atoms with Gasteiger partial charge < -0.3 is 20.9 Å². The van der Waals surface area contributed by atoms with E-state index in [9.17, 15) is 8.78 Å². The number of aliphatic hydroxyl groups is 1. The molecule has 0 spiro atoms. The SMILES string of the molecule is C#CNCC(c1cc(C)c(CCC)c(-c2cc(C)c(F)cc2F)n1)C1(F)CC1.CO.COc1cc(C)cc2cc(Cl)c(C)nc12.NC=O. The smallest absolute Gasteiger partial charge is 0.204 e. The lowest BCUT2D eigenvalue weighted by Crippen LogP contribution is -2.27. The van der Waals surface area contributed by atoms with E-state index in [1.165, 1.54) is 6.07 Å². The van der Waals surface area contributed by atoms with Crippen molar-refractivity contribution in [2.45, 2.75) is 71.9 Å². The van der Waals surface area contributed by atoms with Gasteiger partial charge in [-0.3, -0.25) is 9.78 Å². The van der Waals surface area contributed by atoms with Crippen LogP contribution in [0.3, 0.4) is 0 Å². The molecule has 4 N–H and O–H groups in total. The summed E-state index contributed by atoms with van der Waals surface area (Å²) in [4.78, 5) is 17.7. The highest BCUT2D eigenvalue weighted by Gasteiger charge is 2.51. The molecule has 48 heavy (non-hydrogen) atoms. The molecule has 4 aromatic rings. The third-order valence-electron chi connectivity index (χ3n) is 7.86. The van der Waals surface area contributed by atoms with Crippen LogP contribution >= 0.6 is 11.6 Å². The molecule has 1 fully saturated rings. The number of terminal acetylenes is 1. The fourth-order valence-corrected chi connectivity index (χ4v) is 5.49. The van der Waals surface area contributed by atoms with E-state index in [0.717, 1.165) is 58.6 Å². The molecule has 258 valence electrons. The van der Waals surface area contributed by atoms with Crippen LogP contribution in [0.25, 0.3) is 22.2 Å². The van der Waals surface area contributed by atoms with Gasteiger partial charge in [-0.1, -0.05) is 31.4 Å². The summed E-state index contributed by atoms with van der Waals surface area (Å²) >= 11 is 6.03. The molecule has 1 amide bonds. The normalized spacial score (nSPS) is 12.9. The molecule has 0 radical (unpaired) electrons. The van der Waals surface area contributed by atoms with Crippen molar-refractivity contribution in [3.05, 3.63) is 86.7 Å². The van der Waals surface area contributed by atoms with E-state index >= 15 is 4.39 Å². The number of ether oxygens (including phenoxy) is 1. The molecule has 0 aliphatic heterocycles. The highest BCUT2D eigenvalue weighted by molar-refractivity contribution is 6.31. The number of methoxy groups -OCH3 is 1. The summed E-state index contributed by atoms with van der Waals surface area (Å²) in [6.07, 6.45) is 8.02. The number of fused-ring (bicyclic) bond motifs is 1. The first-order valence-electron chi connectivity index (χ1n) is 15.4. The molecule has 11 heteroatoms. The minimum atomic E-state index is -1.34. The summed E-state index contributed by atoms with van der Waals surface area (Å²) < 4.78 is 48.7. The minimum Gasteiger partial charge on any atom is -0.494 e. The number of nitrogens with two attached hydrogens (primary N) is 1. The first-order chi connectivity index (χ1) is 22.8. The van der Waals surface area contributed by atoms with Crippen LogP contribution in [0.5, 0.6) is 5.75 Å². The standard InChI is InChI=1S/C23H25F3N2.C12H12ClNO.CH3NO.CH4O/c1-5-7-16-14(3)11-21(18(13-27-6-2)23(26)8-9-23)28-22(16)17-10-15(4)19(24)12-20(17)25;1-7-4-9-6-10(13)8(2)14-12(9)11(5-7)15-3;2-1-3;1-2/h2,10-12,18,27H,5,7-9,13H2,1,3-4H3;4-6H,1-3H3;1H,(H2,2,3);2H,1H3. The number of benzene rings is 2. The first-order valence-corrected chi connectivity index (χ1v) is 15.8. The van der Waals surface area contributed by atoms with Crippen molar-refractivity contribution < 1.29 is 27.8 Å². The van der Waals surface area contributed by atoms with E-state index < -0.39 is 23.2 Å². The highest BCUT2D eigenvalue weighted by atomic mass is 35.5. The van der Waals surface area contributed by atoms with Crippen molar-refractivity contribution in [3.8, 4) is 29.5 Å². The zero-order valence-corrected chi connectivity index (χ0v) is 29.2. The molecule has 1 saturated carbocycles. The van der Waals surface area contributed by atoms with Crippen LogP contribution < -0.4 is 15.8 Å². The molecular weight excluding hydrogens is 641 g/mol. The van der Waals surface area contributed by atoms with Crippen LogP contribution in [0.2, 0.25) is 5.02 Å². The molecule has 0 saturated heterocycles. The average molecular weight is 685 g/mol. The maximum atomic E-state index is 15.0. The summed E-state index contributed by atoms with van der Waals surface area (Å²) in [5.74, 6) is -0.974. The monoisotopic (exact) mass is 684 g/mol. The van der Waals surface area contributed by atoms with Crippen LogP contribution in [-0.4, -0.2) is 47.9 Å². The lowest BCUT2D eigenvalue weighted by atomic mass is 9.91. The molecule has 2 aromatic heterocycles. The first kappa shape index (κ1) is 39.8. The Morgan fingerprint density at radius 1 is 1.08 bits per heavy atom. The number of aromatic nitrogens is 2. The van der Waals surface area contributed by atoms with Gasteiger partial charge in [-0.05, 0) is 99.5 Å². The molecule has 1 unspecified atom stereocenters. The number of carbonyl (C=O) groups excluding carboxylic acids is 1. The Hall–Kier alpha value is -4.33. The third-order valence-corrected chi connectivity index (χ3v) is 8.25. The van der Waals surface area contributed by atoms with E-state index in [1.807, 2.05) is 45.9 Å². The molecule has 1 aliphatic rings.